The topological polar surface area (TPSA) is 67.7 Å². The quantitative estimate of drug-likeness (QED) is 0.797. The molecule has 2 heterocycles. The Hall–Kier alpha value is -1.95. The maximum absolute atomic E-state index is 4.33. The van der Waals surface area contributed by atoms with Crippen molar-refractivity contribution in [3.05, 3.63) is 31.0 Å². The van der Waals surface area contributed by atoms with Gasteiger partial charge >= 0.3 is 0 Å². The van der Waals surface area contributed by atoms with Crippen molar-refractivity contribution in [1.82, 2.24) is 25.1 Å². The molecule has 6 heteroatoms. The van der Waals surface area contributed by atoms with Crippen LogP contribution in [0.15, 0.2) is 31.0 Å². The summed E-state index contributed by atoms with van der Waals surface area (Å²) in [6.45, 7) is 8.16. The first kappa shape index (κ1) is 13.5. The molecule has 0 radical (unpaired) electrons. The molecule has 0 unspecified atom stereocenters. The average molecular weight is 260 g/mol. The maximum Gasteiger partial charge on any atom is 0.178 e. The zero-order valence-corrected chi connectivity index (χ0v) is 11.6. The molecule has 0 aliphatic rings. The van der Waals surface area contributed by atoms with Crippen LogP contribution in [0.5, 0.6) is 0 Å². The molecular weight excluding hydrogens is 240 g/mol. The monoisotopic (exact) mass is 260 g/mol. The summed E-state index contributed by atoms with van der Waals surface area (Å²) in [5, 5.41) is 10.9. The lowest BCUT2D eigenvalue weighted by molar-refractivity contribution is 0.435. The molecular formula is C13H20N6. The highest BCUT2D eigenvalue weighted by Gasteiger charge is 2.08. The lowest BCUT2D eigenvalue weighted by atomic mass is 10.1. The number of nitrogens with zero attached hydrogens (tertiary/aromatic N) is 4. The van der Waals surface area contributed by atoms with Gasteiger partial charge in [-0.25, -0.2) is 14.6 Å². The summed E-state index contributed by atoms with van der Waals surface area (Å²) in [5.41, 5.74) is 1.08. The molecule has 0 saturated carbocycles. The Morgan fingerprint density at radius 1 is 1.26 bits per heavy atom. The Morgan fingerprint density at radius 2 is 2.11 bits per heavy atom. The fourth-order valence-electron chi connectivity index (χ4n) is 1.67. The number of hydrogen-bond acceptors (Lipinski definition) is 5. The summed E-state index contributed by atoms with van der Waals surface area (Å²) < 4.78 is 1.65. The van der Waals surface area contributed by atoms with Gasteiger partial charge in [-0.15, -0.1) is 0 Å². The van der Waals surface area contributed by atoms with Crippen molar-refractivity contribution >= 4 is 5.69 Å². The van der Waals surface area contributed by atoms with Crippen molar-refractivity contribution in [2.24, 2.45) is 0 Å². The molecule has 2 N–H and O–H groups in total. The highest BCUT2D eigenvalue weighted by atomic mass is 15.3. The van der Waals surface area contributed by atoms with Crippen LogP contribution in [0, 0.1) is 0 Å². The van der Waals surface area contributed by atoms with Gasteiger partial charge in [0.15, 0.2) is 5.82 Å². The zero-order valence-electron chi connectivity index (χ0n) is 11.6. The predicted molar refractivity (Wildman–Crippen MR) is 75.4 cm³/mol. The number of pyridine rings is 1. The molecule has 6 nitrogen and oxygen atoms in total. The van der Waals surface area contributed by atoms with Gasteiger partial charge < -0.3 is 10.6 Å². The van der Waals surface area contributed by atoms with Gasteiger partial charge in [-0.05, 0) is 32.9 Å². The molecule has 0 aromatic carbocycles. The van der Waals surface area contributed by atoms with Crippen molar-refractivity contribution in [3.8, 4) is 5.82 Å². The Morgan fingerprint density at radius 3 is 2.79 bits per heavy atom. The molecule has 2 rings (SSSR count). The van der Waals surface area contributed by atoms with Crippen LogP contribution in [-0.4, -0.2) is 38.4 Å². The molecule has 0 aliphatic carbocycles. The third kappa shape index (κ3) is 4.03. The Kier molecular flexibility index (Phi) is 4.11. The highest BCUT2D eigenvalue weighted by Crippen LogP contribution is 2.14. The van der Waals surface area contributed by atoms with Gasteiger partial charge in [0.1, 0.15) is 12.7 Å². The maximum atomic E-state index is 4.33. The van der Waals surface area contributed by atoms with E-state index in [-0.39, 0.29) is 5.54 Å². The molecule has 0 amide bonds. The minimum Gasteiger partial charge on any atom is -0.381 e. The van der Waals surface area contributed by atoms with E-state index in [0.717, 1.165) is 24.6 Å². The fraction of sp³-hybridized carbons (Fsp3) is 0.462. The van der Waals surface area contributed by atoms with E-state index in [9.17, 15) is 0 Å². The van der Waals surface area contributed by atoms with Crippen molar-refractivity contribution in [3.63, 3.8) is 0 Å². The minimum absolute atomic E-state index is 0.130. The van der Waals surface area contributed by atoms with Gasteiger partial charge in [-0.2, -0.15) is 5.10 Å². The molecule has 102 valence electrons. The number of rotatable bonds is 5. The largest absolute Gasteiger partial charge is 0.381 e. The van der Waals surface area contributed by atoms with Crippen molar-refractivity contribution in [1.29, 1.82) is 0 Å². The van der Waals surface area contributed by atoms with Gasteiger partial charge in [0.05, 0.1) is 5.69 Å². The van der Waals surface area contributed by atoms with E-state index in [0.29, 0.717) is 0 Å². The first-order valence-corrected chi connectivity index (χ1v) is 6.35. The summed E-state index contributed by atoms with van der Waals surface area (Å²) in [6, 6.07) is 3.89. The summed E-state index contributed by atoms with van der Waals surface area (Å²) in [5.74, 6) is 0.760. The lowest BCUT2D eigenvalue weighted by Crippen LogP contribution is -2.38. The van der Waals surface area contributed by atoms with Gasteiger partial charge in [0.2, 0.25) is 0 Å². The molecule has 0 atom stereocenters. The Labute approximate surface area is 113 Å². The standard InChI is InChI=1S/C13H20N6/c1-13(2,3)17-8-7-15-11-5-4-6-16-12(11)19-10-14-9-18-19/h4-6,9-10,15,17H,7-8H2,1-3H3. The number of anilines is 1. The SMILES string of the molecule is CC(C)(C)NCCNc1cccnc1-n1cncn1. The normalized spacial score (nSPS) is 11.5. The van der Waals surface area contributed by atoms with Crippen LogP contribution < -0.4 is 10.6 Å². The first-order chi connectivity index (χ1) is 9.06. The smallest absolute Gasteiger partial charge is 0.178 e. The predicted octanol–water partition coefficient (Wildman–Crippen LogP) is 1.46. The summed E-state index contributed by atoms with van der Waals surface area (Å²) in [6.07, 6.45) is 4.89. The molecule has 0 saturated heterocycles. The molecule has 2 aromatic heterocycles. The number of hydrogen-bond donors (Lipinski definition) is 2. The summed E-state index contributed by atoms with van der Waals surface area (Å²) in [7, 11) is 0. The Bertz CT molecular complexity index is 500. The molecule has 0 spiro atoms. The average Bonchev–Trinajstić information content (AvgIpc) is 2.88. The van der Waals surface area contributed by atoms with Gasteiger partial charge in [0.25, 0.3) is 0 Å². The summed E-state index contributed by atoms with van der Waals surface area (Å²) in [4.78, 5) is 8.27. The van der Waals surface area contributed by atoms with E-state index in [2.05, 4.69) is 46.5 Å². The van der Waals surface area contributed by atoms with Crippen molar-refractivity contribution < 1.29 is 0 Å². The van der Waals surface area contributed by atoms with Crippen LogP contribution in [0.4, 0.5) is 5.69 Å². The third-order valence-electron chi connectivity index (χ3n) is 2.52. The molecule has 0 fully saturated rings. The Balaban J connectivity index is 1.97. The van der Waals surface area contributed by atoms with E-state index in [1.54, 1.807) is 17.2 Å². The number of aromatic nitrogens is 4. The second-order valence-electron chi connectivity index (χ2n) is 5.32. The van der Waals surface area contributed by atoms with Crippen LogP contribution in [0.2, 0.25) is 0 Å². The fourth-order valence-corrected chi connectivity index (χ4v) is 1.67. The molecule has 2 aromatic rings. The second kappa shape index (κ2) is 5.79. The molecule has 0 bridgehead atoms. The van der Waals surface area contributed by atoms with Crippen LogP contribution in [-0.2, 0) is 0 Å². The van der Waals surface area contributed by atoms with Gasteiger partial charge in [-0.3, -0.25) is 0 Å². The lowest BCUT2D eigenvalue weighted by Gasteiger charge is -2.21. The van der Waals surface area contributed by atoms with Crippen molar-refractivity contribution in [2.45, 2.75) is 26.3 Å². The van der Waals surface area contributed by atoms with E-state index in [1.165, 1.54) is 6.33 Å². The molecule has 19 heavy (non-hydrogen) atoms. The van der Waals surface area contributed by atoms with E-state index in [1.807, 2.05) is 12.1 Å². The second-order valence-corrected chi connectivity index (χ2v) is 5.32. The number of nitrogens with one attached hydrogen (secondary N) is 2. The zero-order chi connectivity index (χ0) is 13.7. The van der Waals surface area contributed by atoms with Crippen LogP contribution >= 0.6 is 0 Å². The van der Waals surface area contributed by atoms with Crippen molar-refractivity contribution in [2.75, 3.05) is 18.4 Å². The van der Waals surface area contributed by atoms with Crippen LogP contribution in [0.1, 0.15) is 20.8 Å². The minimum atomic E-state index is 0.130. The van der Waals surface area contributed by atoms with Crippen LogP contribution in [0.3, 0.4) is 0 Å². The molecule has 0 aliphatic heterocycles. The van der Waals surface area contributed by atoms with Crippen LogP contribution in [0.25, 0.3) is 5.82 Å². The summed E-state index contributed by atoms with van der Waals surface area (Å²) >= 11 is 0. The highest BCUT2D eigenvalue weighted by molar-refractivity contribution is 5.55. The van der Waals surface area contributed by atoms with E-state index < -0.39 is 0 Å². The van der Waals surface area contributed by atoms with Gasteiger partial charge in [-0.1, -0.05) is 0 Å². The first-order valence-electron chi connectivity index (χ1n) is 6.35. The third-order valence-corrected chi connectivity index (χ3v) is 2.52. The van der Waals surface area contributed by atoms with E-state index >= 15 is 0 Å². The van der Waals surface area contributed by atoms with E-state index in [4.69, 9.17) is 0 Å². The van der Waals surface area contributed by atoms with Gasteiger partial charge in [0, 0.05) is 24.8 Å².